The summed E-state index contributed by atoms with van der Waals surface area (Å²) in [4.78, 5) is 12.5. The molecule has 1 amide bonds. The standard InChI is InChI=1S/C18H14Cl3N3O3S/c1-9(16(25)22-15-13(20)7-11(19)8-14(15)21)28-18-24-23-17(27-18)10-3-5-12(26-2)6-4-10/h3-9H,1-2H3,(H,22,25)/t9-/m0/s1. The molecule has 10 heteroatoms. The number of halogens is 3. The number of hydrogen-bond acceptors (Lipinski definition) is 6. The number of hydrogen-bond donors (Lipinski definition) is 1. The van der Waals surface area contributed by atoms with E-state index in [9.17, 15) is 4.79 Å². The van der Waals surface area contributed by atoms with Crippen LogP contribution in [0.15, 0.2) is 46.0 Å². The molecule has 0 saturated carbocycles. The van der Waals surface area contributed by atoms with E-state index in [-0.39, 0.29) is 21.2 Å². The Balaban J connectivity index is 1.67. The second kappa shape index (κ2) is 9.05. The Labute approximate surface area is 180 Å². The molecule has 0 unspecified atom stereocenters. The average Bonchev–Trinajstić information content (AvgIpc) is 3.13. The van der Waals surface area contributed by atoms with Gasteiger partial charge >= 0.3 is 0 Å². The lowest BCUT2D eigenvalue weighted by Crippen LogP contribution is -2.22. The van der Waals surface area contributed by atoms with Gasteiger partial charge < -0.3 is 14.5 Å². The highest BCUT2D eigenvalue weighted by molar-refractivity contribution is 8.00. The largest absolute Gasteiger partial charge is 0.497 e. The second-order valence-corrected chi connectivity index (χ2v) is 8.14. The fraction of sp³-hybridized carbons (Fsp3) is 0.167. The Morgan fingerprint density at radius 3 is 2.39 bits per heavy atom. The summed E-state index contributed by atoms with van der Waals surface area (Å²) in [5, 5.41) is 11.3. The third-order valence-corrected chi connectivity index (χ3v) is 5.39. The zero-order chi connectivity index (χ0) is 20.3. The summed E-state index contributed by atoms with van der Waals surface area (Å²) in [6.45, 7) is 1.70. The first-order valence-corrected chi connectivity index (χ1v) is 9.98. The van der Waals surface area contributed by atoms with E-state index in [1.165, 1.54) is 12.1 Å². The zero-order valence-corrected chi connectivity index (χ0v) is 17.8. The highest BCUT2D eigenvalue weighted by Crippen LogP contribution is 2.34. The minimum absolute atomic E-state index is 0.252. The van der Waals surface area contributed by atoms with Gasteiger partial charge in [-0.25, -0.2) is 0 Å². The number of benzene rings is 2. The van der Waals surface area contributed by atoms with Gasteiger partial charge in [0.25, 0.3) is 5.22 Å². The van der Waals surface area contributed by atoms with Gasteiger partial charge in [0, 0.05) is 10.6 Å². The summed E-state index contributed by atoms with van der Waals surface area (Å²) >= 11 is 19.2. The molecule has 2 aromatic carbocycles. The van der Waals surface area contributed by atoms with E-state index in [1.807, 2.05) is 12.1 Å². The lowest BCUT2D eigenvalue weighted by molar-refractivity contribution is -0.115. The lowest BCUT2D eigenvalue weighted by Gasteiger charge is -2.12. The fourth-order valence-electron chi connectivity index (χ4n) is 2.20. The molecule has 1 aromatic heterocycles. The molecule has 0 fully saturated rings. The van der Waals surface area contributed by atoms with Crippen LogP contribution in [0.3, 0.4) is 0 Å². The minimum Gasteiger partial charge on any atom is -0.497 e. The quantitative estimate of drug-likeness (QED) is 0.469. The van der Waals surface area contributed by atoms with Crippen LogP contribution in [-0.2, 0) is 4.79 Å². The SMILES string of the molecule is COc1ccc(-c2nnc(S[C@@H](C)C(=O)Nc3c(Cl)cc(Cl)cc3Cl)o2)cc1. The van der Waals surface area contributed by atoms with Gasteiger partial charge in [-0.3, -0.25) is 4.79 Å². The van der Waals surface area contributed by atoms with E-state index in [1.54, 1.807) is 26.2 Å². The average molecular weight is 459 g/mol. The third kappa shape index (κ3) is 4.91. The summed E-state index contributed by atoms with van der Waals surface area (Å²) in [5.74, 6) is 0.754. The van der Waals surface area contributed by atoms with Gasteiger partial charge in [0.1, 0.15) is 5.75 Å². The molecule has 3 aromatic rings. The molecule has 6 nitrogen and oxygen atoms in total. The molecule has 0 spiro atoms. The normalized spacial score (nSPS) is 11.9. The predicted octanol–water partition coefficient (Wildman–Crippen LogP) is 5.82. The van der Waals surface area contributed by atoms with Crippen LogP contribution < -0.4 is 10.1 Å². The van der Waals surface area contributed by atoms with Crippen molar-refractivity contribution in [2.24, 2.45) is 0 Å². The predicted molar refractivity (Wildman–Crippen MR) is 112 cm³/mol. The van der Waals surface area contributed by atoms with Crippen molar-refractivity contribution in [3.8, 4) is 17.2 Å². The van der Waals surface area contributed by atoms with Gasteiger partial charge in [0.2, 0.25) is 11.8 Å². The van der Waals surface area contributed by atoms with Crippen molar-refractivity contribution < 1.29 is 13.9 Å². The van der Waals surface area contributed by atoms with Crippen LogP contribution in [-0.4, -0.2) is 28.5 Å². The molecule has 1 heterocycles. The summed E-state index contributed by atoms with van der Waals surface area (Å²) in [5.41, 5.74) is 1.05. The van der Waals surface area contributed by atoms with E-state index < -0.39 is 5.25 Å². The van der Waals surface area contributed by atoms with Crippen LogP contribution in [0.5, 0.6) is 5.75 Å². The van der Waals surface area contributed by atoms with Crippen LogP contribution in [0.1, 0.15) is 6.92 Å². The first-order chi connectivity index (χ1) is 13.4. The Hall–Kier alpha value is -1.93. The van der Waals surface area contributed by atoms with E-state index in [2.05, 4.69) is 15.5 Å². The highest BCUT2D eigenvalue weighted by Gasteiger charge is 2.21. The van der Waals surface area contributed by atoms with Gasteiger partial charge in [-0.15, -0.1) is 10.2 Å². The zero-order valence-electron chi connectivity index (χ0n) is 14.7. The molecule has 0 bridgehead atoms. The number of carbonyl (C=O) groups is 1. The molecule has 0 radical (unpaired) electrons. The van der Waals surface area contributed by atoms with Crippen LogP contribution >= 0.6 is 46.6 Å². The minimum atomic E-state index is -0.535. The topological polar surface area (TPSA) is 77.2 Å². The van der Waals surface area contributed by atoms with Crippen molar-refractivity contribution in [1.82, 2.24) is 10.2 Å². The van der Waals surface area contributed by atoms with E-state index in [0.717, 1.165) is 23.1 Å². The van der Waals surface area contributed by atoms with E-state index in [4.69, 9.17) is 44.0 Å². The number of thioether (sulfide) groups is 1. The van der Waals surface area contributed by atoms with Crippen molar-refractivity contribution in [2.45, 2.75) is 17.4 Å². The maximum Gasteiger partial charge on any atom is 0.277 e. The van der Waals surface area contributed by atoms with Crippen molar-refractivity contribution in [3.05, 3.63) is 51.5 Å². The van der Waals surface area contributed by atoms with Crippen LogP contribution in [0.4, 0.5) is 5.69 Å². The molecule has 0 aliphatic heterocycles. The van der Waals surface area contributed by atoms with Crippen molar-refractivity contribution >= 4 is 58.2 Å². The Kier molecular flexibility index (Phi) is 6.72. The number of anilines is 1. The molecule has 1 atom stereocenters. The first-order valence-electron chi connectivity index (χ1n) is 7.97. The van der Waals surface area contributed by atoms with Gasteiger partial charge in [0.15, 0.2) is 0 Å². The molecule has 28 heavy (non-hydrogen) atoms. The highest BCUT2D eigenvalue weighted by atomic mass is 35.5. The number of amides is 1. The Bertz CT molecular complexity index is 972. The van der Waals surface area contributed by atoms with Crippen LogP contribution in [0, 0.1) is 0 Å². The van der Waals surface area contributed by atoms with E-state index in [0.29, 0.717) is 16.6 Å². The second-order valence-electron chi connectivity index (χ2n) is 5.60. The molecule has 1 N–H and O–H groups in total. The number of rotatable bonds is 6. The fourth-order valence-corrected chi connectivity index (χ4v) is 3.79. The third-order valence-electron chi connectivity index (χ3n) is 3.65. The number of nitrogens with zero attached hydrogens (tertiary/aromatic N) is 2. The van der Waals surface area contributed by atoms with Crippen LogP contribution in [0.2, 0.25) is 15.1 Å². The smallest absolute Gasteiger partial charge is 0.277 e. The lowest BCUT2D eigenvalue weighted by atomic mass is 10.2. The maximum atomic E-state index is 12.5. The van der Waals surface area contributed by atoms with Gasteiger partial charge in [-0.1, -0.05) is 46.6 Å². The van der Waals surface area contributed by atoms with Gasteiger partial charge in [-0.05, 0) is 43.3 Å². The summed E-state index contributed by atoms with van der Waals surface area (Å²) < 4.78 is 10.7. The number of aromatic nitrogens is 2. The molecular formula is C18H14Cl3N3O3S. The monoisotopic (exact) mass is 457 g/mol. The summed E-state index contributed by atoms with van der Waals surface area (Å²) in [6.07, 6.45) is 0. The number of nitrogens with one attached hydrogen (secondary N) is 1. The number of ether oxygens (including phenoxy) is 1. The molecule has 3 rings (SSSR count). The van der Waals surface area contributed by atoms with Crippen molar-refractivity contribution in [2.75, 3.05) is 12.4 Å². The van der Waals surface area contributed by atoms with Crippen molar-refractivity contribution in [1.29, 1.82) is 0 Å². The molecule has 0 aliphatic rings. The Morgan fingerprint density at radius 2 is 1.79 bits per heavy atom. The number of carbonyl (C=O) groups excluding carboxylic acids is 1. The molecule has 0 saturated heterocycles. The van der Waals surface area contributed by atoms with E-state index >= 15 is 0 Å². The van der Waals surface area contributed by atoms with Crippen molar-refractivity contribution in [3.63, 3.8) is 0 Å². The molecule has 146 valence electrons. The summed E-state index contributed by atoms with van der Waals surface area (Å²) in [6, 6.07) is 10.2. The maximum absolute atomic E-state index is 12.5. The summed E-state index contributed by atoms with van der Waals surface area (Å²) in [7, 11) is 1.59. The number of methoxy groups -OCH3 is 1. The first kappa shape index (κ1) is 20.8. The van der Waals surface area contributed by atoms with Gasteiger partial charge in [-0.2, -0.15) is 0 Å². The van der Waals surface area contributed by atoms with Gasteiger partial charge in [0.05, 0.1) is 28.1 Å². The molecule has 0 aliphatic carbocycles. The van der Waals surface area contributed by atoms with Crippen LogP contribution in [0.25, 0.3) is 11.5 Å². The molecular weight excluding hydrogens is 445 g/mol. The Morgan fingerprint density at radius 1 is 1.14 bits per heavy atom.